The van der Waals surface area contributed by atoms with Crippen molar-refractivity contribution in [1.82, 2.24) is 19.3 Å². The summed E-state index contributed by atoms with van der Waals surface area (Å²) in [5, 5.41) is 13.4. The van der Waals surface area contributed by atoms with Crippen LogP contribution in [0.3, 0.4) is 0 Å². The zero-order chi connectivity index (χ0) is 15.7. The molecule has 0 aliphatic heterocycles. The van der Waals surface area contributed by atoms with E-state index in [1.807, 2.05) is 44.3 Å². The molecule has 0 saturated carbocycles. The molecular formula is C16H16N4O2. The molecule has 0 fully saturated rings. The number of carboxylic acids is 1. The number of aromatic nitrogens is 4. The lowest BCUT2D eigenvalue weighted by Gasteiger charge is -2.08. The maximum absolute atomic E-state index is 11.1. The van der Waals surface area contributed by atoms with Crippen LogP contribution in [0.5, 0.6) is 0 Å². The van der Waals surface area contributed by atoms with Crippen molar-refractivity contribution in [1.29, 1.82) is 0 Å². The molecule has 0 spiro atoms. The van der Waals surface area contributed by atoms with Gasteiger partial charge in [0.25, 0.3) is 0 Å². The van der Waals surface area contributed by atoms with Gasteiger partial charge in [-0.05, 0) is 6.92 Å². The highest BCUT2D eigenvalue weighted by Gasteiger charge is 2.19. The number of hydrogen-bond donors (Lipinski definition) is 1. The second-order valence-electron chi connectivity index (χ2n) is 5.10. The molecule has 1 N–H and O–H groups in total. The van der Waals surface area contributed by atoms with Crippen molar-refractivity contribution in [2.75, 3.05) is 0 Å². The zero-order valence-electron chi connectivity index (χ0n) is 12.4. The van der Waals surface area contributed by atoms with Crippen LogP contribution >= 0.6 is 0 Å². The summed E-state index contributed by atoms with van der Waals surface area (Å²) in [4.78, 5) is 15.5. The highest BCUT2D eigenvalue weighted by atomic mass is 16.4. The van der Waals surface area contributed by atoms with Gasteiger partial charge in [0.2, 0.25) is 0 Å². The molecule has 1 aromatic carbocycles. The van der Waals surface area contributed by atoms with Gasteiger partial charge < -0.3 is 9.67 Å². The molecule has 0 unspecified atom stereocenters. The van der Waals surface area contributed by atoms with Gasteiger partial charge in [0.05, 0.1) is 23.9 Å². The number of aryl methyl sites for hydroxylation is 1. The van der Waals surface area contributed by atoms with Crippen LogP contribution in [0.1, 0.15) is 5.69 Å². The number of carbonyl (C=O) groups is 1. The van der Waals surface area contributed by atoms with Gasteiger partial charge in [-0.25, -0.2) is 4.98 Å². The molecule has 0 amide bonds. The first-order valence-corrected chi connectivity index (χ1v) is 6.89. The van der Waals surface area contributed by atoms with Crippen LogP contribution in [-0.4, -0.2) is 30.4 Å². The highest BCUT2D eigenvalue weighted by molar-refractivity contribution is 5.80. The van der Waals surface area contributed by atoms with Gasteiger partial charge in [-0.3, -0.25) is 9.48 Å². The normalized spacial score (nSPS) is 10.8. The first-order valence-electron chi connectivity index (χ1n) is 6.89. The SMILES string of the molecule is Cc1c(-c2c(-c3ccccc3)ncn2CC(=O)O)cnn1C. The van der Waals surface area contributed by atoms with Gasteiger partial charge in [-0.1, -0.05) is 30.3 Å². The van der Waals surface area contributed by atoms with Crippen molar-refractivity contribution in [2.45, 2.75) is 13.5 Å². The number of nitrogens with zero attached hydrogens (tertiary/aromatic N) is 4. The van der Waals surface area contributed by atoms with Crippen LogP contribution in [0.15, 0.2) is 42.9 Å². The molecule has 0 atom stereocenters. The van der Waals surface area contributed by atoms with Gasteiger partial charge >= 0.3 is 5.97 Å². The first-order chi connectivity index (χ1) is 10.6. The number of aliphatic carboxylic acids is 1. The summed E-state index contributed by atoms with van der Waals surface area (Å²) < 4.78 is 3.41. The summed E-state index contributed by atoms with van der Waals surface area (Å²) in [5.74, 6) is -0.903. The monoisotopic (exact) mass is 296 g/mol. The summed E-state index contributed by atoms with van der Waals surface area (Å²) in [6, 6.07) is 9.73. The number of rotatable bonds is 4. The average molecular weight is 296 g/mol. The van der Waals surface area contributed by atoms with E-state index in [4.69, 9.17) is 5.11 Å². The fourth-order valence-electron chi connectivity index (χ4n) is 2.47. The van der Waals surface area contributed by atoms with Crippen LogP contribution in [0.25, 0.3) is 22.5 Å². The first kappa shape index (κ1) is 14.1. The van der Waals surface area contributed by atoms with Crippen molar-refractivity contribution in [3.05, 3.63) is 48.5 Å². The summed E-state index contributed by atoms with van der Waals surface area (Å²) in [7, 11) is 1.86. The number of benzene rings is 1. The minimum absolute atomic E-state index is 0.135. The summed E-state index contributed by atoms with van der Waals surface area (Å²) >= 11 is 0. The lowest BCUT2D eigenvalue weighted by Crippen LogP contribution is -2.09. The predicted molar refractivity (Wildman–Crippen MR) is 82.2 cm³/mol. The Hall–Kier alpha value is -2.89. The van der Waals surface area contributed by atoms with E-state index in [-0.39, 0.29) is 6.54 Å². The van der Waals surface area contributed by atoms with Crippen LogP contribution in [0.4, 0.5) is 0 Å². The lowest BCUT2D eigenvalue weighted by molar-refractivity contribution is -0.137. The Labute approximate surface area is 127 Å². The van der Waals surface area contributed by atoms with E-state index in [0.717, 1.165) is 28.2 Å². The lowest BCUT2D eigenvalue weighted by atomic mass is 10.1. The average Bonchev–Trinajstić information content (AvgIpc) is 3.04. The van der Waals surface area contributed by atoms with Crippen LogP contribution in [0, 0.1) is 6.92 Å². The van der Waals surface area contributed by atoms with E-state index in [0.29, 0.717) is 0 Å². The molecule has 2 aromatic heterocycles. The molecule has 0 aliphatic rings. The zero-order valence-corrected chi connectivity index (χ0v) is 12.4. The Balaban J connectivity index is 2.22. The molecule has 22 heavy (non-hydrogen) atoms. The summed E-state index contributed by atoms with van der Waals surface area (Å²) in [5.41, 5.74) is 4.34. The van der Waals surface area contributed by atoms with Crippen molar-refractivity contribution in [3.63, 3.8) is 0 Å². The molecule has 112 valence electrons. The van der Waals surface area contributed by atoms with E-state index in [2.05, 4.69) is 10.1 Å². The Morgan fingerprint density at radius 3 is 2.59 bits per heavy atom. The minimum atomic E-state index is -0.903. The maximum atomic E-state index is 11.1. The van der Waals surface area contributed by atoms with Gasteiger partial charge in [0.15, 0.2) is 0 Å². The number of hydrogen-bond acceptors (Lipinski definition) is 3. The molecule has 6 heteroatoms. The number of carboxylic acid groups (broad SMARTS) is 1. The van der Waals surface area contributed by atoms with Crippen molar-refractivity contribution >= 4 is 5.97 Å². The molecular weight excluding hydrogens is 280 g/mol. The van der Waals surface area contributed by atoms with Gasteiger partial charge in [0, 0.05) is 23.9 Å². The van der Waals surface area contributed by atoms with E-state index >= 15 is 0 Å². The molecule has 3 rings (SSSR count). The second kappa shape index (κ2) is 5.48. The molecule has 0 aliphatic carbocycles. The molecule has 0 bridgehead atoms. The van der Waals surface area contributed by atoms with E-state index < -0.39 is 5.97 Å². The smallest absolute Gasteiger partial charge is 0.323 e. The number of imidazole rings is 1. The minimum Gasteiger partial charge on any atom is -0.480 e. The van der Waals surface area contributed by atoms with E-state index in [1.54, 1.807) is 21.8 Å². The van der Waals surface area contributed by atoms with Gasteiger partial charge in [-0.2, -0.15) is 5.10 Å². The third-order valence-electron chi connectivity index (χ3n) is 3.68. The maximum Gasteiger partial charge on any atom is 0.323 e. The Bertz CT molecular complexity index is 818. The Morgan fingerprint density at radius 1 is 1.27 bits per heavy atom. The largest absolute Gasteiger partial charge is 0.480 e. The molecule has 6 nitrogen and oxygen atoms in total. The fraction of sp³-hybridized carbons (Fsp3) is 0.188. The van der Waals surface area contributed by atoms with Gasteiger partial charge in [-0.15, -0.1) is 0 Å². The van der Waals surface area contributed by atoms with Crippen molar-refractivity contribution in [2.24, 2.45) is 7.05 Å². The second-order valence-corrected chi connectivity index (χ2v) is 5.10. The fourth-order valence-corrected chi connectivity index (χ4v) is 2.47. The summed E-state index contributed by atoms with van der Waals surface area (Å²) in [6.45, 7) is 1.82. The molecule has 0 saturated heterocycles. The van der Waals surface area contributed by atoms with Crippen molar-refractivity contribution < 1.29 is 9.90 Å². The standard InChI is InChI=1S/C16H16N4O2/c1-11-13(8-18-19(11)2)16-15(12-6-4-3-5-7-12)17-10-20(16)9-14(21)22/h3-8,10H,9H2,1-2H3,(H,21,22). The summed E-state index contributed by atoms with van der Waals surface area (Å²) in [6.07, 6.45) is 3.31. The highest BCUT2D eigenvalue weighted by Crippen LogP contribution is 2.32. The quantitative estimate of drug-likeness (QED) is 0.802. The molecule has 0 radical (unpaired) electrons. The Morgan fingerprint density at radius 2 is 2.00 bits per heavy atom. The molecule has 2 heterocycles. The van der Waals surface area contributed by atoms with Crippen molar-refractivity contribution in [3.8, 4) is 22.5 Å². The Kier molecular flexibility index (Phi) is 3.50. The van der Waals surface area contributed by atoms with Crippen LogP contribution < -0.4 is 0 Å². The molecule has 3 aromatic rings. The third-order valence-corrected chi connectivity index (χ3v) is 3.68. The topological polar surface area (TPSA) is 72.9 Å². The van der Waals surface area contributed by atoms with Crippen LogP contribution in [-0.2, 0) is 18.4 Å². The predicted octanol–water partition coefficient (Wildman–Crippen LogP) is 2.34. The van der Waals surface area contributed by atoms with Gasteiger partial charge in [0.1, 0.15) is 6.54 Å². The van der Waals surface area contributed by atoms with E-state index in [1.165, 1.54) is 0 Å². The third kappa shape index (κ3) is 2.39. The van der Waals surface area contributed by atoms with E-state index in [9.17, 15) is 4.79 Å². The van der Waals surface area contributed by atoms with Crippen LogP contribution in [0.2, 0.25) is 0 Å².